The molecule has 1 unspecified atom stereocenters. The van der Waals surface area contributed by atoms with Crippen molar-refractivity contribution in [3.05, 3.63) is 53.1 Å². The average molecular weight is 337 g/mol. The summed E-state index contributed by atoms with van der Waals surface area (Å²) in [5.41, 5.74) is 3.18. The first-order chi connectivity index (χ1) is 12.1. The van der Waals surface area contributed by atoms with Crippen LogP contribution >= 0.6 is 0 Å². The van der Waals surface area contributed by atoms with Crippen molar-refractivity contribution < 1.29 is 4.79 Å². The number of likely N-dealkylation sites (tertiary alicyclic amines) is 1. The Morgan fingerprint density at radius 1 is 1.16 bits per heavy atom. The second-order valence-corrected chi connectivity index (χ2v) is 7.67. The van der Waals surface area contributed by atoms with Crippen LogP contribution in [0.1, 0.15) is 71.5 Å². The maximum absolute atomic E-state index is 12.9. The lowest BCUT2D eigenvalue weighted by atomic mass is 9.84. The van der Waals surface area contributed by atoms with Crippen molar-refractivity contribution in [3.63, 3.8) is 0 Å². The largest absolute Gasteiger partial charge is 0.337 e. The Kier molecular flexibility index (Phi) is 4.36. The molecule has 1 saturated heterocycles. The Hall–Kier alpha value is -2.10. The zero-order chi connectivity index (χ0) is 17.4. The minimum atomic E-state index is 0.163. The molecule has 1 aromatic carbocycles. The molecule has 4 heteroatoms. The smallest absolute Gasteiger partial charge is 0.253 e. The Labute approximate surface area is 149 Å². The van der Waals surface area contributed by atoms with Gasteiger partial charge in [0.2, 0.25) is 0 Å². The summed E-state index contributed by atoms with van der Waals surface area (Å²) in [5, 5.41) is 0. The molecule has 1 aromatic heterocycles. The number of aromatic nitrogens is 2. The van der Waals surface area contributed by atoms with Gasteiger partial charge in [0.1, 0.15) is 5.82 Å². The Morgan fingerprint density at radius 3 is 2.72 bits per heavy atom. The molecule has 0 spiro atoms. The molecule has 4 rings (SSSR count). The van der Waals surface area contributed by atoms with Crippen molar-refractivity contribution in [1.82, 2.24) is 14.5 Å². The molecule has 0 radical (unpaired) electrons. The molecule has 2 heterocycles. The lowest BCUT2D eigenvalue weighted by molar-refractivity contribution is 0.0675. The average Bonchev–Trinajstić information content (AvgIpc) is 2.94. The van der Waals surface area contributed by atoms with Gasteiger partial charge in [0.15, 0.2) is 0 Å². The van der Waals surface area contributed by atoms with Gasteiger partial charge in [-0.3, -0.25) is 4.79 Å². The molecule has 1 amide bonds. The van der Waals surface area contributed by atoms with Gasteiger partial charge < -0.3 is 9.47 Å². The van der Waals surface area contributed by atoms with Gasteiger partial charge in [0.05, 0.1) is 6.04 Å². The number of imidazole rings is 1. The molecule has 2 aliphatic rings. The minimum Gasteiger partial charge on any atom is -0.337 e. The van der Waals surface area contributed by atoms with E-state index in [-0.39, 0.29) is 5.91 Å². The summed E-state index contributed by atoms with van der Waals surface area (Å²) in [4.78, 5) is 19.7. The summed E-state index contributed by atoms with van der Waals surface area (Å²) >= 11 is 0. The molecule has 1 atom stereocenters. The number of carbonyl (C=O) groups is 1. The fourth-order valence-corrected chi connectivity index (χ4v) is 4.22. The topological polar surface area (TPSA) is 38.1 Å². The summed E-state index contributed by atoms with van der Waals surface area (Å²) in [6.07, 6.45) is 8.04. The SMILES string of the molecule is Cc1cccc(C(=O)N2CCCC(n3c(C)cnc3C3CCC3)C2)c1. The number of nitrogens with zero attached hydrogens (tertiary/aromatic N) is 3. The monoisotopic (exact) mass is 337 g/mol. The summed E-state index contributed by atoms with van der Waals surface area (Å²) in [6.45, 7) is 5.84. The first-order valence-corrected chi connectivity index (χ1v) is 9.53. The van der Waals surface area contributed by atoms with E-state index in [9.17, 15) is 4.79 Å². The van der Waals surface area contributed by atoms with E-state index >= 15 is 0 Å². The number of piperidine rings is 1. The van der Waals surface area contributed by atoms with E-state index in [0.717, 1.165) is 37.1 Å². The van der Waals surface area contributed by atoms with E-state index in [1.165, 1.54) is 30.8 Å². The second-order valence-electron chi connectivity index (χ2n) is 7.67. The zero-order valence-corrected chi connectivity index (χ0v) is 15.2. The van der Waals surface area contributed by atoms with Crippen molar-refractivity contribution in [2.45, 2.75) is 57.9 Å². The number of hydrogen-bond donors (Lipinski definition) is 0. The Balaban J connectivity index is 1.55. The van der Waals surface area contributed by atoms with E-state index in [1.807, 2.05) is 42.3 Å². The summed E-state index contributed by atoms with van der Waals surface area (Å²) in [5.74, 6) is 2.03. The van der Waals surface area contributed by atoms with Crippen LogP contribution in [0.5, 0.6) is 0 Å². The van der Waals surface area contributed by atoms with Crippen molar-refractivity contribution in [2.24, 2.45) is 0 Å². The number of hydrogen-bond acceptors (Lipinski definition) is 2. The van der Waals surface area contributed by atoms with Gasteiger partial charge in [-0.25, -0.2) is 4.98 Å². The molecule has 1 aliphatic heterocycles. The van der Waals surface area contributed by atoms with Gasteiger partial charge in [0.25, 0.3) is 5.91 Å². The highest BCUT2D eigenvalue weighted by atomic mass is 16.2. The van der Waals surface area contributed by atoms with Crippen LogP contribution in [0.3, 0.4) is 0 Å². The van der Waals surface area contributed by atoms with Gasteiger partial charge in [0, 0.05) is 36.5 Å². The quantitative estimate of drug-likeness (QED) is 0.840. The highest BCUT2D eigenvalue weighted by Gasteiger charge is 2.31. The lowest BCUT2D eigenvalue weighted by Gasteiger charge is -2.36. The van der Waals surface area contributed by atoms with Crippen molar-refractivity contribution in [3.8, 4) is 0 Å². The van der Waals surface area contributed by atoms with E-state index in [1.54, 1.807) is 0 Å². The first kappa shape index (κ1) is 16.4. The fourth-order valence-electron chi connectivity index (χ4n) is 4.22. The van der Waals surface area contributed by atoms with Crippen LogP contribution in [0.2, 0.25) is 0 Å². The third kappa shape index (κ3) is 3.10. The minimum absolute atomic E-state index is 0.163. The molecule has 2 aromatic rings. The normalized spacial score (nSPS) is 21.2. The number of amides is 1. The third-order valence-corrected chi connectivity index (χ3v) is 5.79. The van der Waals surface area contributed by atoms with Crippen LogP contribution in [0.25, 0.3) is 0 Å². The number of aryl methyl sites for hydroxylation is 2. The van der Waals surface area contributed by atoms with Gasteiger partial charge in [-0.05, 0) is 51.7 Å². The number of rotatable bonds is 3. The van der Waals surface area contributed by atoms with Crippen LogP contribution in [0, 0.1) is 13.8 Å². The molecule has 132 valence electrons. The van der Waals surface area contributed by atoms with Crippen LogP contribution in [-0.4, -0.2) is 33.4 Å². The predicted molar refractivity (Wildman–Crippen MR) is 98.9 cm³/mol. The van der Waals surface area contributed by atoms with Crippen molar-refractivity contribution in [2.75, 3.05) is 13.1 Å². The summed E-state index contributed by atoms with van der Waals surface area (Å²) in [7, 11) is 0. The van der Waals surface area contributed by atoms with E-state index in [4.69, 9.17) is 4.98 Å². The predicted octanol–water partition coefficient (Wildman–Crippen LogP) is 4.24. The molecule has 0 bridgehead atoms. The number of benzene rings is 1. The maximum atomic E-state index is 12.9. The highest BCUT2D eigenvalue weighted by Crippen LogP contribution is 2.38. The molecule has 1 saturated carbocycles. The molecule has 4 nitrogen and oxygen atoms in total. The van der Waals surface area contributed by atoms with Gasteiger partial charge >= 0.3 is 0 Å². The highest BCUT2D eigenvalue weighted by molar-refractivity contribution is 5.94. The fraction of sp³-hybridized carbons (Fsp3) is 0.524. The molecular formula is C21H27N3O. The van der Waals surface area contributed by atoms with E-state index < -0.39 is 0 Å². The Bertz CT molecular complexity index is 775. The second kappa shape index (κ2) is 6.66. The van der Waals surface area contributed by atoms with Crippen molar-refractivity contribution >= 4 is 5.91 Å². The van der Waals surface area contributed by atoms with Crippen LogP contribution in [0.15, 0.2) is 30.5 Å². The standard InChI is InChI=1S/C21H27N3O/c1-15-6-3-9-18(12-15)21(25)23-11-5-10-19(14-23)24-16(2)13-22-20(24)17-7-4-8-17/h3,6,9,12-13,17,19H,4-5,7-8,10-11,14H2,1-2H3. The van der Waals surface area contributed by atoms with Crippen LogP contribution in [-0.2, 0) is 0 Å². The van der Waals surface area contributed by atoms with Gasteiger partial charge in [-0.15, -0.1) is 0 Å². The molecular weight excluding hydrogens is 310 g/mol. The Morgan fingerprint density at radius 2 is 2.00 bits per heavy atom. The van der Waals surface area contributed by atoms with Crippen molar-refractivity contribution in [1.29, 1.82) is 0 Å². The first-order valence-electron chi connectivity index (χ1n) is 9.53. The van der Waals surface area contributed by atoms with Gasteiger partial charge in [-0.2, -0.15) is 0 Å². The molecule has 1 aliphatic carbocycles. The number of carbonyl (C=O) groups excluding carboxylic acids is 1. The summed E-state index contributed by atoms with van der Waals surface area (Å²) in [6, 6.07) is 8.30. The van der Waals surface area contributed by atoms with E-state index in [2.05, 4.69) is 11.5 Å². The molecule has 25 heavy (non-hydrogen) atoms. The molecule has 0 N–H and O–H groups in total. The van der Waals surface area contributed by atoms with Gasteiger partial charge in [-0.1, -0.05) is 24.1 Å². The van der Waals surface area contributed by atoms with Crippen LogP contribution in [0.4, 0.5) is 0 Å². The maximum Gasteiger partial charge on any atom is 0.253 e. The summed E-state index contributed by atoms with van der Waals surface area (Å²) < 4.78 is 2.43. The lowest BCUT2D eigenvalue weighted by Crippen LogP contribution is -2.41. The zero-order valence-electron chi connectivity index (χ0n) is 15.2. The molecule has 2 fully saturated rings. The third-order valence-electron chi connectivity index (χ3n) is 5.79. The van der Waals surface area contributed by atoms with Crippen LogP contribution < -0.4 is 0 Å². The van der Waals surface area contributed by atoms with E-state index in [0.29, 0.717) is 12.0 Å².